The molecular formula is C17H24O3. The highest BCUT2D eigenvalue weighted by Crippen LogP contribution is 2.08. The van der Waals surface area contributed by atoms with Gasteiger partial charge in [0.1, 0.15) is 18.5 Å². The summed E-state index contributed by atoms with van der Waals surface area (Å²) in [6.45, 7) is 0.530. The van der Waals surface area contributed by atoms with Crippen LogP contribution in [0.1, 0.15) is 25.7 Å². The van der Waals surface area contributed by atoms with E-state index in [-0.39, 0.29) is 13.2 Å². The smallest absolute Gasteiger partial charge is 0.119 e. The highest BCUT2D eigenvalue weighted by molar-refractivity contribution is 5.21. The Balaban J connectivity index is 2.10. The zero-order chi connectivity index (χ0) is 14.5. The summed E-state index contributed by atoms with van der Waals surface area (Å²) in [7, 11) is 0. The normalized spacial score (nSPS) is 13.1. The number of aliphatic hydroxyl groups excluding tert-OH is 2. The minimum absolute atomic E-state index is 0.255. The van der Waals surface area contributed by atoms with Gasteiger partial charge in [0.15, 0.2) is 0 Å². The lowest BCUT2D eigenvalue weighted by atomic mass is 10.2. The Bertz CT molecular complexity index is 384. The van der Waals surface area contributed by atoms with Crippen LogP contribution >= 0.6 is 0 Å². The van der Waals surface area contributed by atoms with Crippen LogP contribution in [0.5, 0.6) is 5.75 Å². The number of para-hydroxylation sites is 1. The van der Waals surface area contributed by atoms with E-state index in [9.17, 15) is 5.11 Å². The van der Waals surface area contributed by atoms with Crippen LogP contribution in [0.25, 0.3) is 0 Å². The van der Waals surface area contributed by atoms with Crippen LogP contribution in [0, 0.1) is 0 Å². The molecule has 0 saturated carbocycles. The van der Waals surface area contributed by atoms with Crippen molar-refractivity contribution in [3.8, 4) is 5.75 Å². The average molecular weight is 276 g/mol. The Morgan fingerprint density at radius 2 is 1.85 bits per heavy atom. The van der Waals surface area contributed by atoms with Crippen molar-refractivity contribution < 1.29 is 14.9 Å². The van der Waals surface area contributed by atoms with Gasteiger partial charge in [0.05, 0.1) is 0 Å². The standard InChI is InChI=1S/C17H24O3/c18-14-10-5-3-1-2-4-7-11-16(19)15-20-17-12-8-6-9-13-17/h2,4,6-9,11-13,16,18-19H,1,3,5,10,14-15H2/b4-2-,11-7+. The van der Waals surface area contributed by atoms with Gasteiger partial charge < -0.3 is 14.9 Å². The van der Waals surface area contributed by atoms with Crippen molar-refractivity contribution >= 4 is 0 Å². The van der Waals surface area contributed by atoms with Crippen molar-refractivity contribution in [3.05, 3.63) is 54.6 Å². The number of hydrogen-bond acceptors (Lipinski definition) is 3. The molecule has 0 aliphatic rings. The molecule has 2 N–H and O–H groups in total. The molecule has 1 atom stereocenters. The predicted molar refractivity (Wildman–Crippen MR) is 81.8 cm³/mol. The summed E-state index contributed by atoms with van der Waals surface area (Å²) in [5, 5.41) is 18.3. The first-order valence-corrected chi connectivity index (χ1v) is 7.13. The highest BCUT2D eigenvalue weighted by Gasteiger charge is 1.99. The molecule has 0 aliphatic heterocycles. The summed E-state index contributed by atoms with van der Waals surface area (Å²) < 4.78 is 5.44. The van der Waals surface area contributed by atoms with E-state index in [0.29, 0.717) is 0 Å². The van der Waals surface area contributed by atoms with Crippen LogP contribution in [0.15, 0.2) is 54.6 Å². The Morgan fingerprint density at radius 1 is 1.05 bits per heavy atom. The molecular weight excluding hydrogens is 252 g/mol. The fourth-order valence-electron chi connectivity index (χ4n) is 1.67. The van der Waals surface area contributed by atoms with E-state index in [0.717, 1.165) is 31.4 Å². The first-order chi connectivity index (χ1) is 9.83. The van der Waals surface area contributed by atoms with Crippen molar-refractivity contribution in [2.75, 3.05) is 13.2 Å². The van der Waals surface area contributed by atoms with Crippen molar-refractivity contribution in [2.24, 2.45) is 0 Å². The van der Waals surface area contributed by atoms with Crippen LogP contribution in [0.3, 0.4) is 0 Å². The SMILES string of the molecule is OCCCCC/C=C\C=C\C(O)COc1ccccc1. The monoisotopic (exact) mass is 276 g/mol. The Kier molecular flexibility index (Phi) is 9.28. The third kappa shape index (κ3) is 8.51. The van der Waals surface area contributed by atoms with Gasteiger partial charge in [-0.25, -0.2) is 0 Å². The summed E-state index contributed by atoms with van der Waals surface area (Å²) >= 11 is 0. The molecule has 1 aromatic rings. The summed E-state index contributed by atoms with van der Waals surface area (Å²) in [5.41, 5.74) is 0. The van der Waals surface area contributed by atoms with Gasteiger partial charge in [-0.2, -0.15) is 0 Å². The molecule has 0 saturated heterocycles. The summed E-state index contributed by atoms with van der Waals surface area (Å²) in [6, 6.07) is 9.45. The Labute approximate surface area is 121 Å². The number of aliphatic hydroxyl groups is 2. The minimum atomic E-state index is -0.603. The minimum Gasteiger partial charge on any atom is -0.491 e. The molecule has 0 spiro atoms. The second kappa shape index (κ2) is 11.3. The molecule has 0 radical (unpaired) electrons. The Morgan fingerprint density at radius 3 is 2.60 bits per heavy atom. The third-order valence-corrected chi connectivity index (χ3v) is 2.77. The predicted octanol–water partition coefficient (Wildman–Crippen LogP) is 3.09. The molecule has 0 amide bonds. The first kappa shape index (κ1) is 16.5. The second-order valence-electron chi connectivity index (χ2n) is 4.58. The van der Waals surface area contributed by atoms with Crippen LogP contribution in [0.2, 0.25) is 0 Å². The lowest BCUT2D eigenvalue weighted by Crippen LogP contribution is -2.14. The molecule has 1 rings (SSSR count). The fraction of sp³-hybridized carbons (Fsp3) is 0.412. The number of unbranched alkanes of at least 4 members (excludes halogenated alkanes) is 3. The topological polar surface area (TPSA) is 49.7 Å². The van der Waals surface area contributed by atoms with Gasteiger partial charge >= 0.3 is 0 Å². The van der Waals surface area contributed by atoms with Gasteiger partial charge in [0.25, 0.3) is 0 Å². The summed E-state index contributed by atoms with van der Waals surface area (Å²) in [5.74, 6) is 0.763. The average Bonchev–Trinajstić information content (AvgIpc) is 2.49. The van der Waals surface area contributed by atoms with Crippen LogP contribution < -0.4 is 4.74 Å². The van der Waals surface area contributed by atoms with E-state index in [1.807, 2.05) is 42.5 Å². The molecule has 0 heterocycles. The van der Waals surface area contributed by atoms with Crippen molar-refractivity contribution in [2.45, 2.75) is 31.8 Å². The molecule has 110 valence electrons. The van der Waals surface area contributed by atoms with E-state index in [1.54, 1.807) is 6.08 Å². The van der Waals surface area contributed by atoms with Crippen LogP contribution in [0.4, 0.5) is 0 Å². The number of ether oxygens (including phenoxy) is 1. The van der Waals surface area contributed by atoms with E-state index in [1.165, 1.54) is 0 Å². The molecule has 0 fully saturated rings. The molecule has 0 bridgehead atoms. The van der Waals surface area contributed by atoms with Gasteiger partial charge in [-0.05, 0) is 31.4 Å². The Hall–Kier alpha value is -1.58. The van der Waals surface area contributed by atoms with Gasteiger partial charge in [-0.3, -0.25) is 0 Å². The molecule has 1 aromatic carbocycles. The van der Waals surface area contributed by atoms with E-state index >= 15 is 0 Å². The van der Waals surface area contributed by atoms with E-state index in [4.69, 9.17) is 9.84 Å². The van der Waals surface area contributed by atoms with Crippen molar-refractivity contribution in [1.29, 1.82) is 0 Å². The van der Waals surface area contributed by atoms with Gasteiger partial charge in [-0.15, -0.1) is 0 Å². The number of allylic oxidation sites excluding steroid dienone is 3. The number of hydrogen-bond donors (Lipinski definition) is 2. The molecule has 1 unspecified atom stereocenters. The quantitative estimate of drug-likeness (QED) is 0.510. The maximum Gasteiger partial charge on any atom is 0.119 e. The number of benzene rings is 1. The third-order valence-electron chi connectivity index (χ3n) is 2.77. The van der Waals surface area contributed by atoms with Crippen molar-refractivity contribution in [3.63, 3.8) is 0 Å². The van der Waals surface area contributed by atoms with E-state index < -0.39 is 6.10 Å². The molecule has 3 heteroatoms. The van der Waals surface area contributed by atoms with Crippen LogP contribution in [-0.2, 0) is 0 Å². The molecule has 3 nitrogen and oxygen atoms in total. The summed E-state index contributed by atoms with van der Waals surface area (Å²) in [4.78, 5) is 0. The summed E-state index contributed by atoms with van der Waals surface area (Å²) in [6.07, 6.45) is 11.0. The molecule has 0 aliphatic carbocycles. The van der Waals surface area contributed by atoms with Gasteiger partial charge in [0, 0.05) is 6.61 Å². The lowest BCUT2D eigenvalue weighted by Gasteiger charge is -2.08. The maximum absolute atomic E-state index is 9.71. The zero-order valence-corrected chi connectivity index (χ0v) is 11.8. The zero-order valence-electron chi connectivity index (χ0n) is 11.8. The van der Waals surface area contributed by atoms with Crippen molar-refractivity contribution in [1.82, 2.24) is 0 Å². The fourth-order valence-corrected chi connectivity index (χ4v) is 1.67. The number of rotatable bonds is 10. The largest absolute Gasteiger partial charge is 0.491 e. The maximum atomic E-state index is 9.71. The second-order valence-corrected chi connectivity index (χ2v) is 4.58. The molecule has 20 heavy (non-hydrogen) atoms. The first-order valence-electron chi connectivity index (χ1n) is 7.13. The lowest BCUT2D eigenvalue weighted by molar-refractivity contribution is 0.144. The van der Waals surface area contributed by atoms with Gasteiger partial charge in [0.2, 0.25) is 0 Å². The van der Waals surface area contributed by atoms with Crippen LogP contribution in [-0.4, -0.2) is 29.5 Å². The highest BCUT2D eigenvalue weighted by atomic mass is 16.5. The van der Waals surface area contributed by atoms with Gasteiger partial charge in [-0.1, -0.05) is 48.9 Å². The van der Waals surface area contributed by atoms with E-state index in [2.05, 4.69) is 6.08 Å². The molecule has 0 aromatic heterocycles.